The van der Waals surface area contributed by atoms with E-state index in [4.69, 9.17) is 61.7 Å². The van der Waals surface area contributed by atoms with Gasteiger partial charge in [-0.3, -0.25) is 19.7 Å². The monoisotopic (exact) mass is 1330 g/mol. The molecule has 4 saturated heterocycles. The van der Waals surface area contributed by atoms with Crippen LogP contribution in [-0.4, -0.2) is 218 Å². The van der Waals surface area contributed by atoms with Gasteiger partial charge >= 0.3 is 6.09 Å². The lowest BCUT2D eigenvalue weighted by Crippen LogP contribution is -2.65. The van der Waals surface area contributed by atoms with Crippen LogP contribution in [-0.2, 0) is 52.3 Å². The van der Waals surface area contributed by atoms with Crippen LogP contribution in [0.25, 0.3) is 0 Å². The van der Waals surface area contributed by atoms with E-state index in [1.807, 2.05) is 20.1 Å². The summed E-state index contributed by atoms with van der Waals surface area (Å²) in [4.78, 5) is 47.6. The molecule has 1 aromatic rings. The van der Waals surface area contributed by atoms with E-state index in [0.717, 1.165) is 18.9 Å². The van der Waals surface area contributed by atoms with Crippen molar-refractivity contribution in [3.05, 3.63) is 50.7 Å². The van der Waals surface area contributed by atoms with E-state index in [1.165, 1.54) is 64.9 Å². The molecule has 2 aliphatic carbocycles. The van der Waals surface area contributed by atoms with Gasteiger partial charge in [0.2, 0.25) is 17.2 Å². The normalized spacial score (nSPS) is 35.3. The van der Waals surface area contributed by atoms with E-state index in [0.29, 0.717) is 11.3 Å². The number of thioether (sulfide) groups is 1. The molecule has 0 saturated carbocycles. The summed E-state index contributed by atoms with van der Waals surface area (Å²) < 4.78 is 72.4. The number of fused-ring (bicyclic) bond motifs is 2. The average Bonchev–Trinajstić information content (AvgIpc) is 1.96. The van der Waals surface area contributed by atoms with Crippen molar-refractivity contribution in [2.45, 2.75) is 182 Å². The van der Waals surface area contributed by atoms with E-state index >= 15 is 0 Å². The summed E-state index contributed by atoms with van der Waals surface area (Å²) in [7, 11) is 11.2. The molecular formula is C56H76BrN3O21S4. The SMILES string of the molecule is COC(=O)NC1=C2C(=CCSSSC)C(O)(C#CC=CC#CC2OC2OC(C)C(NOC3CC(O)C(SC(=O)c4c(C)c(Br)c(OC5OC(C)C(O)C(OC)C5O)c(OC)c4OC)C(C)O3)C(O)C2OC2CC(OC)C(NC(C)C)CO2)CC1=O. The lowest BCUT2D eigenvalue weighted by Gasteiger charge is -2.47. The Morgan fingerprint density at radius 1 is 0.882 bits per heavy atom. The average molecular weight is 1340 g/mol. The molecule has 8 N–H and O–H groups in total. The van der Waals surface area contributed by atoms with E-state index in [9.17, 15) is 39.9 Å². The molecule has 29 heteroatoms. The van der Waals surface area contributed by atoms with Crippen LogP contribution in [0.2, 0.25) is 0 Å². The van der Waals surface area contributed by atoms with Gasteiger partial charge < -0.3 is 87.7 Å². The highest BCUT2D eigenvalue weighted by atomic mass is 79.9. The quantitative estimate of drug-likeness (QED) is 0.0355. The second-order valence-electron chi connectivity index (χ2n) is 20.8. The van der Waals surface area contributed by atoms with Gasteiger partial charge in [0.25, 0.3) is 0 Å². The minimum absolute atomic E-state index is 0.00108. The van der Waals surface area contributed by atoms with E-state index < -0.39 is 127 Å². The molecule has 85 heavy (non-hydrogen) atoms. The maximum absolute atomic E-state index is 14.4. The number of ketones is 1. The Balaban J connectivity index is 1.12. The summed E-state index contributed by atoms with van der Waals surface area (Å²) in [5.41, 5.74) is 1.18. The lowest BCUT2D eigenvalue weighted by molar-refractivity contribution is -0.336. The van der Waals surface area contributed by atoms with Gasteiger partial charge in [0, 0.05) is 50.0 Å². The highest BCUT2D eigenvalue weighted by molar-refractivity contribution is 9.10. The van der Waals surface area contributed by atoms with Gasteiger partial charge in [0.1, 0.15) is 36.6 Å². The summed E-state index contributed by atoms with van der Waals surface area (Å²) in [5, 5.41) is 62.8. The van der Waals surface area contributed by atoms with Gasteiger partial charge in [0.05, 0.1) is 97.9 Å². The predicted molar refractivity (Wildman–Crippen MR) is 319 cm³/mol. The van der Waals surface area contributed by atoms with Crippen LogP contribution in [0.1, 0.15) is 69.8 Å². The number of nitrogens with one attached hydrogen (secondary N) is 3. The molecule has 472 valence electrons. The number of benzene rings is 1. The summed E-state index contributed by atoms with van der Waals surface area (Å²) in [5.74, 6) is 11.2. The van der Waals surface area contributed by atoms with Gasteiger partial charge in [-0.1, -0.05) is 77.0 Å². The fourth-order valence-corrected chi connectivity index (χ4v) is 14.6. The number of alkyl carbamates (subject to hydrolysis) is 1. The number of hydroxylamine groups is 1. The number of carbonyl (C=O) groups is 3. The highest BCUT2D eigenvalue weighted by Crippen LogP contribution is 2.51. The third-order valence-corrected chi connectivity index (χ3v) is 20.9. The first kappa shape index (κ1) is 69.3. The molecule has 24 nitrogen and oxygen atoms in total. The second kappa shape index (κ2) is 31.5. The first-order chi connectivity index (χ1) is 40.5. The lowest BCUT2D eigenvalue weighted by atomic mass is 9.75. The number of hydrogen-bond donors (Lipinski definition) is 8. The summed E-state index contributed by atoms with van der Waals surface area (Å²) in [6.45, 7) is 10.7. The number of Topliss-reactive ketones (excluding diaryl/α,β-unsaturated/α-hetero) is 1. The Kier molecular flexibility index (Phi) is 25.7. The van der Waals surface area contributed by atoms with Crippen LogP contribution in [0, 0.1) is 30.6 Å². The molecule has 19 unspecified atom stereocenters. The van der Waals surface area contributed by atoms with Crippen molar-refractivity contribution in [3.63, 3.8) is 0 Å². The molecule has 0 radical (unpaired) electrons. The van der Waals surface area contributed by atoms with Crippen LogP contribution in [0.15, 0.2) is 39.5 Å². The van der Waals surface area contributed by atoms with Crippen molar-refractivity contribution in [1.82, 2.24) is 16.1 Å². The number of allylic oxidation sites excluding steroid dienone is 3. The molecule has 0 aromatic heterocycles. The molecule has 0 spiro atoms. The molecule has 1 amide bonds. The van der Waals surface area contributed by atoms with E-state index in [2.05, 4.69) is 55.7 Å². The zero-order valence-corrected chi connectivity index (χ0v) is 53.9. The number of halogens is 1. The van der Waals surface area contributed by atoms with Crippen molar-refractivity contribution in [2.24, 2.45) is 0 Å². The number of ether oxygens (including phenoxy) is 12. The molecule has 1 aromatic carbocycles. The van der Waals surface area contributed by atoms with Gasteiger partial charge in [-0.05, 0) is 77.4 Å². The topological polar surface area (TPSA) is 308 Å². The van der Waals surface area contributed by atoms with Crippen LogP contribution >= 0.6 is 59.1 Å². The summed E-state index contributed by atoms with van der Waals surface area (Å²) in [6, 6.07) is -1.20. The maximum Gasteiger partial charge on any atom is 0.411 e. The van der Waals surface area contributed by atoms with E-state index in [1.54, 1.807) is 40.9 Å². The highest BCUT2D eigenvalue weighted by Gasteiger charge is 2.52. The molecule has 7 rings (SSSR count). The number of methoxy groups -OCH3 is 5. The molecule has 19 atom stereocenters. The van der Waals surface area contributed by atoms with Crippen molar-refractivity contribution in [2.75, 3.05) is 54.2 Å². The first-order valence-corrected chi connectivity index (χ1v) is 33.0. The Morgan fingerprint density at radius 3 is 2.26 bits per heavy atom. The van der Waals surface area contributed by atoms with Crippen LogP contribution < -0.4 is 30.3 Å². The molecular weight excluding hydrogens is 1260 g/mol. The fourth-order valence-electron chi connectivity index (χ4n) is 10.6. The third-order valence-electron chi connectivity index (χ3n) is 14.8. The van der Waals surface area contributed by atoms with Crippen LogP contribution in [0.5, 0.6) is 17.2 Å². The van der Waals surface area contributed by atoms with Gasteiger partial charge in [0.15, 0.2) is 41.8 Å². The van der Waals surface area contributed by atoms with Crippen molar-refractivity contribution >= 4 is 76.1 Å². The van der Waals surface area contributed by atoms with Crippen molar-refractivity contribution in [3.8, 4) is 40.9 Å². The van der Waals surface area contributed by atoms with Crippen LogP contribution in [0.4, 0.5) is 4.79 Å². The third kappa shape index (κ3) is 16.2. The van der Waals surface area contributed by atoms with Crippen LogP contribution in [0.3, 0.4) is 0 Å². The molecule has 4 fully saturated rings. The smallest absolute Gasteiger partial charge is 0.411 e. The molecule has 4 aliphatic heterocycles. The summed E-state index contributed by atoms with van der Waals surface area (Å²) in [6.07, 6.45) is -12.1. The molecule has 2 bridgehead atoms. The zero-order valence-electron chi connectivity index (χ0n) is 49.0. The predicted octanol–water partition coefficient (Wildman–Crippen LogP) is 3.74. The van der Waals surface area contributed by atoms with Crippen molar-refractivity contribution < 1.29 is 102 Å². The number of aliphatic hydroxyl groups is 5. The number of rotatable bonds is 22. The maximum atomic E-state index is 14.4. The zero-order chi connectivity index (χ0) is 62.0. The van der Waals surface area contributed by atoms with Gasteiger partial charge in [-0.2, -0.15) is 5.48 Å². The Hall–Kier alpha value is -3.19. The number of amides is 1. The van der Waals surface area contributed by atoms with Gasteiger partial charge in [-0.15, -0.1) is 0 Å². The number of aliphatic hydroxyl groups excluding tert-OH is 4. The minimum atomic E-state index is -2.06. The first-order valence-electron chi connectivity index (χ1n) is 27.3. The van der Waals surface area contributed by atoms with E-state index in [-0.39, 0.29) is 81.8 Å². The Morgan fingerprint density at radius 2 is 1.60 bits per heavy atom. The summed E-state index contributed by atoms with van der Waals surface area (Å²) >= 11 is 4.36. The van der Waals surface area contributed by atoms with Gasteiger partial charge in [-0.25, -0.2) is 4.79 Å². The molecule has 4 heterocycles. The standard InChI is InChI=1S/C56H76BrN3O21S4/c1-25(2)58-31-24-74-36(22-35(31)69-7)79-49-44(64)41(27(4)76-54(49)78-34-17-15-13-14-16-19-56(68)23-33(62)42(59-55(67)73-11)39(34)30(56)18-20-83-85-82-12)60-81-37-21-32(61)51(29(6)75-37)84-52(66)38-26(3)40(57)47(50(72-10)46(38)70-8)80-53-45(65)48(71-9)43(63)28(5)77-53/h13-14,18,25,27-29,31-32,34-37,41,43-45,48-49,51,53-54,58,60-61,63-65,68H,20-24H2,1-12H3,(H,59,67). The number of carbonyl (C=O) groups excluding carboxylic acids is 3. The van der Waals surface area contributed by atoms with Crippen molar-refractivity contribution in [1.29, 1.82) is 0 Å². The Bertz CT molecular complexity index is 2750. The fraction of sp³-hybridized carbons (Fsp3) is 0.661. The molecule has 6 aliphatic rings. The largest absolute Gasteiger partial charge is 0.492 e. The second-order valence-corrected chi connectivity index (χ2v) is 27.2. The Labute approximate surface area is 518 Å². The minimum Gasteiger partial charge on any atom is -0.492 e. The number of hydrogen-bond acceptors (Lipinski definition) is 27.